The summed E-state index contributed by atoms with van der Waals surface area (Å²) in [4.78, 5) is 0.0196. The van der Waals surface area contributed by atoms with E-state index in [0.29, 0.717) is 11.8 Å². The summed E-state index contributed by atoms with van der Waals surface area (Å²) in [6.45, 7) is 5.75. The van der Waals surface area contributed by atoms with Gasteiger partial charge in [0.2, 0.25) is 10.0 Å². The smallest absolute Gasteiger partial charge is 0.220 e. The van der Waals surface area contributed by atoms with Gasteiger partial charge in [0, 0.05) is 6.04 Å². The van der Waals surface area contributed by atoms with Crippen LogP contribution in [0.15, 0.2) is 0 Å². The predicted molar refractivity (Wildman–Crippen MR) is 69.7 cm³/mol. The zero-order valence-electron chi connectivity index (χ0n) is 9.93. The van der Waals surface area contributed by atoms with Gasteiger partial charge in [-0.15, -0.1) is 0 Å². The fraction of sp³-hybridized carbons (Fsp3) is 0.900. The lowest BCUT2D eigenvalue weighted by Crippen LogP contribution is -2.45. The number of hydrogen-bond donors (Lipinski definition) is 2. The van der Waals surface area contributed by atoms with Crippen LogP contribution in [0.1, 0.15) is 33.6 Å². The quantitative estimate of drug-likeness (QED) is 0.744. The fourth-order valence-corrected chi connectivity index (χ4v) is 3.64. The standard InChI is InChI=1S/C10H20N2O2S2/c1-6-4-5-9(7(6)2)12-16(13,14)8(3)10(11)15/h6-9,12H,4-5H2,1-3H3,(H2,11,15). The maximum Gasteiger partial charge on any atom is 0.220 e. The van der Waals surface area contributed by atoms with E-state index in [9.17, 15) is 8.42 Å². The van der Waals surface area contributed by atoms with Crippen LogP contribution >= 0.6 is 12.2 Å². The number of nitrogens with one attached hydrogen (secondary N) is 1. The van der Waals surface area contributed by atoms with Gasteiger partial charge < -0.3 is 5.73 Å². The van der Waals surface area contributed by atoms with Gasteiger partial charge in [-0.2, -0.15) is 0 Å². The lowest BCUT2D eigenvalue weighted by molar-refractivity contribution is 0.402. The number of hydrogen-bond acceptors (Lipinski definition) is 3. The van der Waals surface area contributed by atoms with Crippen LogP contribution in [0.4, 0.5) is 0 Å². The highest BCUT2D eigenvalue weighted by molar-refractivity contribution is 7.93. The van der Waals surface area contributed by atoms with Crippen LogP contribution in [0.5, 0.6) is 0 Å². The van der Waals surface area contributed by atoms with E-state index in [0.717, 1.165) is 12.8 Å². The van der Waals surface area contributed by atoms with Crippen molar-refractivity contribution in [2.24, 2.45) is 17.6 Å². The molecular weight excluding hydrogens is 244 g/mol. The van der Waals surface area contributed by atoms with E-state index in [1.165, 1.54) is 6.92 Å². The third-order valence-corrected chi connectivity index (χ3v) is 5.97. The lowest BCUT2D eigenvalue weighted by atomic mass is 9.98. The van der Waals surface area contributed by atoms with E-state index in [2.05, 4.69) is 18.6 Å². The summed E-state index contributed by atoms with van der Waals surface area (Å²) < 4.78 is 26.5. The summed E-state index contributed by atoms with van der Waals surface area (Å²) in [6.07, 6.45) is 1.96. The van der Waals surface area contributed by atoms with Crippen LogP contribution in [0.25, 0.3) is 0 Å². The molecule has 0 aromatic heterocycles. The predicted octanol–water partition coefficient (Wildman–Crippen LogP) is 1.02. The van der Waals surface area contributed by atoms with E-state index in [1.807, 2.05) is 0 Å². The molecule has 4 atom stereocenters. The Hall–Kier alpha value is -0.200. The van der Waals surface area contributed by atoms with Crippen LogP contribution in [0.3, 0.4) is 0 Å². The Morgan fingerprint density at radius 3 is 2.38 bits per heavy atom. The maximum absolute atomic E-state index is 11.9. The molecule has 0 aromatic carbocycles. The Kier molecular flexibility index (Phi) is 4.31. The van der Waals surface area contributed by atoms with Crippen molar-refractivity contribution in [2.45, 2.75) is 44.9 Å². The summed E-state index contributed by atoms with van der Waals surface area (Å²) >= 11 is 4.72. The normalized spacial score (nSPS) is 32.6. The second kappa shape index (κ2) is 4.98. The molecule has 4 unspecified atom stereocenters. The molecule has 0 spiro atoms. The highest BCUT2D eigenvalue weighted by atomic mass is 32.2. The minimum absolute atomic E-state index is 0.0196. The second-order valence-electron chi connectivity index (χ2n) is 4.73. The van der Waals surface area contributed by atoms with Gasteiger partial charge in [-0.3, -0.25) is 0 Å². The van der Waals surface area contributed by atoms with Gasteiger partial charge in [0.15, 0.2) is 0 Å². The number of thiocarbonyl (C=S) groups is 1. The molecule has 1 fully saturated rings. The first kappa shape index (κ1) is 13.9. The van der Waals surface area contributed by atoms with Gasteiger partial charge in [-0.05, 0) is 31.6 Å². The van der Waals surface area contributed by atoms with E-state index in [-0.39, 0.29) is 11.0 Å². The Bertz CT molecular complexity index is 367. The molecule has 0 saturated heterocycles. The van der Waals surface area contributed by atoms with Crippen molar-refractivity contribution in [3.8, 4) is 0 Å². The maximum atomic E-state index is 11.9. The highest BCUT2D eigenvalue weighted by Crippen LogP contribution is 2.31. The first-order chi connectivity index (χ1) is 7.25. The number of sulfonamides is 1. The van der Waals surface area contributed by atoms with Crippen molar-refractivity contribution < 1.29 is 8.42 Å². The zero-order chi connectivity index (χ0) is 12.5. The molecule has 1 saturated carbocycles. The topological polar surface area (TPSA) is 72.2 Å². The Morgan fingerprint density at radius 2 is 2.00 bits per heavy atom. The zero-order valence-corrected chi connectivity index (χ0v) is 11.6. The van der Waals surface area contributed by atoms with Crippen LogP contribution < -0.4 is 10.5 Å². The molecule has 0 aromatic rings. The lowest BCUT2D eigenvalue weighted by Gasteiger charge is -2.21. The van der Waals surface area contributed by atoms with E-state index in [4.69, 9.17) is 18.0 Å². The monoisotopic (exact) mass is 264 g/mol. The SMILES string of the molecule is CC1CCC(NS(=O)(=O)C(C)C(N)=S)C1C. The van der Waals surface area contributed by atoms with E-state index < -0.39 is 15.3 Å². The average Bonchev–Trinajstić information content (AvgIpc) is 2.48. The molecule has 6 heteroatoms. The first-order valence-corrected chi connectivity index (χ1v) is 7.51. The Labute approximate surface area is 103 Å². The molecule has 0 radical (unpaired) electrons. The van der Waals surface area contributed by atoms with Gasteiger partial charge in [-0.25, -0.2) is 13.1 Å². The van der Waals surface area contributed by atoms with Crippen molar-refractivity contribution in [3.05, 3.63) is 0 Å². The summed E-state index contributed by atoms with van der Waals surface area (Å²) in [5, 5.41) is -0.800. The molecule has 1 aliphatic rings. The molecule has 0 amide bonds. The van der Waals surface area contributed by atoms with Crippen LogP contribution in [-0.4, -0.2) is 24.7 Å². The number of rotatable bonds is 4. The fourth-order valence-electron chi connectivity index (χ4n) is 2.00. The average molecular weight is 264 g/mol. The van der Waals surface area contributed by atoms with Gasteiger partial charge >= 0.3 is 0 Å². The van der Waals surface area contributed by atoms with Crippen molar-refractivity contribution in [2.75, 3.05) is 0 Å². The molecule has 1 rings (SSSR count). The van der Waals surface area contributed by atoms with Crippen LogP contribution in [0.2, 0.25) is 0 Å². The van der Waals surface area contributed by atoms with Crippen molar-refractivity contribution in [1.82, 2.24) is 4.72 Å². The van der Waals surface area contributed by atoms with Crippen LogP contribution in [0, 0.1) is 11.8 Å². The van der Waals surface area contributed by atoms with Gasteiger partial charge in [0.1, 0.15) is 5.25 Å². The molecule has 0 heterocycles. The van der Waals surface area contributed by atoms with Crippen LogP contribution in [-0.2, 0) is 10.0 Å². The van der Waals surface area contributed by atoms with Crippen molar-refractivity contribution >= 4 is 27.2 Å². The molecule has 3 N–H and O–H groups in total. The highest BCUT2D eigenvalue weighted by Gasteiger charge is 2.34. The number of nitrogens with two attached hydrogens (primary N) is 1. The first-order valence-electron chi connectivity index (χ1n) is 5.56. The molecule has 94 valence electrons. The third kappa shape index (κ3) is 2.93. The van der Waals surface area contributed by atoms with E-state index >= 15 is 0 Å². The molecular formula is C10H20N2O2S2. The minimum atomic E-state index is -3.42. The molecule has 1 aliphatic carbocycles. The molecule has 16 heavy (non-hydrogen) atoms. The van der Waals surface area contributed by atoms with Gasteiger partial charge in [0.05, 0.1) is 4.99 Å². The Balaban J connectivity index is 2.71. The van der Waals surface area contributed by atoms with Gasteiger partial charge in [-0.1, -0.05) is 26.1 Å². The van der Waals surface area contributed by atoms with Crippen molar-refractivity contribution in [1.29, 1.82) is 0 Å². The largest absolute Gasteiger partial charge is 0.392 e. The molecule has 4 nitrogen and oxygen atoms in total. The Morgan fingerprint density at radius 1 is 1.44 bits per heavy atom. The summed E-state index contributed by atoms with van der Waals surface area (Å²) in [5.74, 6) is 0.932. The molecule has 0 aliphatic heterocycles. The van der Waals surface area contributed by atoms with E-state index in [1.54, 1.807) is 0 Å². The summed E-state index contributed by atoms with van der Waals surface area (Å²) in [6, 6.07) is 0.0248. The summed E-state index contributed by atoms with van der Waals surface area (Å²) in [5.41, 5.74) is 5.37. The minimum Gasteiger partial charge on any atom is -0.392 e. The molecule has 0 bridgehead atoms. The summed E-state index contributed by atoms with van der Waals surface area (Å²) in [7, 11) is -3.42. The van der Waals surface area contributed by atoms with Crippen molar-refractivity contribution in [3.63, 3.8) is 0 Å². The van der Waals surface area contributed by atoms with Gasteiger partial charge in [0.25, 0.3) is 0 Å². The third-order valence-electron chi connectivity index (χ3n) is 3.65. The second-order valence-corrected chi connectivity index (χ2v) is 7.23.